The van der Waals surface area contributed by atoms with Gasteiger partial charge in [0.1, 0.15) is 5.75 Å². The maximum absolute atomic E-state index is 12.5. The Balaban J connectivity index is 2.55. The van der Waals surface area contributed by atoms with Crippen molar-refractivity contribution < 1.29 is 9.47 Å². The Labute approximate surface area is 123 Å². The van der Waals surface area contributed by atoms with Gasteiger partial charge in [-0.1, -0.05) is 18.2 Å². The number of aromatic nitrogens is 1. The zero-order valence-electron chi connectivity index (χ0n) is 12.3. The average molecular weight is 288 g/mol. The van der Waals surface area contributed by atoms with Crippen molar-refractivity contribution in [1.82, 2.24) is 4.57 Å². The second-order valence-electron chi connectivity index (χ2n) is 4.63. The van der Waals surface area contributed by atoms with Gasteiger partial charge in [0.15, 0.2) is 0 Å². The fourth-order valence-corrected chi connectivity index (χ4v) is 2.22. The third kappa shape index (κ3) is 3.32. The molecule has 2 N–H and O–H groups in total. The van der Waals surface area contributed by atoms with Crippen LogP contribution in [0.1, 0.15) is 5.56 Å². The summed E-state index contributed by atoms with van der Waals surface area (Å²) in [7, 11) is 3.23. The van der Waals surface area contributed by atoms with Gasteiger partial charge in [-0.25, -0.2) is 0 Å². The van der Waals surface area contributed by atoms with Gasteiger partial charge < -0.3 is 19.8 Å². The molecular formula is C16H20N2O3. The molecule has 0 aliphatic carbocycles. The first-order chi connectivity index (χ1) is 10.2. The van der Waals surface area contributed by atoms with Crippen molar-refractivity contribution in [3.63, 3.8) is 0 Å². The summed E-state index contributed by atoms with van der Waals surface area (Å²) >= 11 is 0. The zero-order valence-corrected chi connectivity index (χ0v) is 12.3. The minimum Gasteiger partial charge on any atom is -0.497 e. The minimum atomic E-state index is -0.0742. The number of methoxy groups -OCH3 is 2. The van der Waals surface area contributed by atoms with E-state index in [4.69, 9.17) is 15.2 Å². The molecule has 0 saturated heterocycles. The molecule has 112 valence electrons. The van der Waals surface area contributed by atoms with Gasteiger partial charge in [-0.15, -0.1) is 0 Å². The van der Waals surface area contributed by atoms with Crippen LogP contribution in [0.2, 0.25) is 0 Å². The first kappa shape index (κ1) is 15.3. The van der Waals surface area contributed by atoms with Crippen LogP contribution in [-0.4, -0.2) is 25.4 Å². The SMILES string of the molecule is COCCn1c(-c2cccc(OC)c2)ccc(CN)c1=O. The summed E-state index contributed by atoms with van der Waals surface area (Å²) in [6, 6.07) is 11.3. The predicted octanol–water partition coefficient (Wildman–Crippen LogP) is 1.63. The van der Waals surface area contributed by atoms with Gasteiger partial charge in [-0.2, -0.15) is 0 Å². The summed E-state index contributed by atoms with van der Waals surface area (Å²) in [5.74, 6) is 0.751. The number of benzene rings is 1. The molecule has 21 heavy (non-hydrogen) atoms. The Morgan fingerprint density at radius 1 is 1.19 bits per heavy atom. The molecule has 1 heterocycles. The minimum absolute atomic E-state index is 0.0742. The lowest BCUT2D eigenvalue weighted by Gasteiger charge is -2.15. The summed E-state index contributed by atoms with van der Waals surface area (Å²) in [4.78, 5) is 12.5. The maximum atomic E-state index is 12.5. The normalized spacial score (nSPS) is 10.6. The molecule has 0 aliphatic rings. The molecule has 0 amide bonds. The highest BCUT2D eigenvalue weighted by Gasteiger charge is 2.10. The van der Waals surface area contributed by atoms with E-state index in [2.05, 4.69) is 0 Å². The zero-order chi connectivity index (χ0) is 15.2. The van der Waals surface area contributed by atoms with Crippen molar-refractivity contribution in [1.29, 1.82) is 0 Å². The van der Waals surface area contributed by atoms with E-state index in [1.165, 1.54) is 0 Å². The fourth-order valence-electron chi connectivity index (χ4n) is 2.22. The van der Waals surface area contributed by atoms with Crippen LogP contribution in [0.3, 0.4) is 0 Å². The van der Waals surface area contributed by atoms with Crippen LogP contribution >= 0.6 is 0 Å². The second-order valence-corrected chi connectivity index (χ2v) is 4.63. The van der Waals surface area contributed by atoms with Gasteiger partial charge in [-0.05, 0) is 18.2 Å². The lowest BCUT2D eigenvalue weighted by Crippen LogP contribution is -2.28. The van der Waals surface area contributed by atoms with E-state index in [0.717, 1.165) is 17.0 Å². The largest absolute Gasteiger partial charge is 0.497 e. The van der Waals surface area contributed by atoms with Crippen LogP contribution in [0.25, 0.3) is 11.3 Å². The molecule has 0 saturated carbocycles. The first-order valence-electron chi connectivity index (χ1n) is 6.77. The topological polar surface area (TPSA) is 66.5 Å². The smallest absolute Gasteiger partial charge is 0.255 e. The lowest BCUT2D eigenvalue weighted by molar-refractivity contribution is 0.186. The van der Waals surface area contributed by atoms with E-state index in [1.807, 2.05) is 30.3 Å². The van der Waals surface area contributed by atoms with Crippen LogP contribution in [0, 0.1) is 0 Å². The number of nitrogens with two attached hydrogens (primary N) is 1. The maximum Gasteiger partial charge on any atom is 0.255 e. The molecule has 0 radical (unpaired) electrons. The molecule has 1 aromatic heterocycles. The number of hydrogen-bond acceptors (Lipinski definition) is 4. The number of rotatable bonds is 6. The number of ether oxygens (including phenoxy) is 2. The Hall–Kier alpha value is -2.11. The molecule has 2 rings (SSSR count). The predicted molar refractivity (Wildman–Crippen MR) is 82.5 cm³/mol. The molecule has 0 unspecified atom stereocenters. The summed E-state index contributed by atoms with van der Waals surface area (Å²) in [5.41, 5.74) is 7.89. The highest BCUT2D eigenvalue weighted by atomic mass is 16.5. The van der Waals surface area contributed by atoms with Crippen molar-refractivity contribution in [3.8, 4) is 17.0 Å². The van der Waals surface area contributed by atoms with Crippen molar-refractivity contribution in [2.45, 2.75) is 13.1 Å². The fraction of sp³-hybridized carbons (Fsp3) is 0.312. The van der Waals surface area contributed by atoms with Crippen LogP contribution in [-0.2, 0) is 17.8 Å². The van der Waals surface area contributed by atoms with E-state index in [-0.39, 0.29) is 12.1 Å². The first-order valence-corrected chi connectivity index (χ1v) is 6.77. The van der Waals surface area contributed by atoms with Gasteiger partial charge >= 0.3 is 0 Å². The summed E-state index contributed by atoms with van der Waals surface area (Å²) in [6.45, 7) is 1.17. The molecule has 5 nitrogen and oxygen atoms in total. The van der Waals surface area contributed by atoms with Gasteiger partial charge in [0, 0.05) is 31.3 Å². The Bertz CT molecular complexity index is 665. The Morgan fingerprint density at radius 3 is 2.67 bits per heavy atom. The van der Waals surface area contributed by atoms with E-state index in [0.29, 0.717) is 18.7 Å². The van der Waals surface area contributed by atoms with Crippen LogP contribution in [0.15, 0.2) is 41.2 Å². The van der Waals surface area contributed by atoms with Crippen LogP contribution in [0.5, 0.6) is 5.75 Å². The van der Waals surface area contributed by atoms with Crippen LogP contribution < -0.4 is 16.0 Å². The van der Waals surface area contributed by atoms with Crippen molar-refractivity contribution in [2.24, 2.45) is 5.73 Å². The second kappa shape index (κ2) is 7.06. The molecule has 0 spiro atoms. The van der Waals surface area contributed by atoms with Gasteiger partial charge in [0.05, 0.1) is 19.4 Å². The third-order valence-corrected chi connectivity index (χ3v) is 3.36. The van der Waals surface area contributed by atoms with E-state index >= 15 is 0 Å². The monoisotopic (exact) mass is 288 g/mol. The number of nitrogens with zero attached hydrogens (tertiary/aromatic N) is 1. The van der Waals surface area contributed by atoms with E-state index in [9.17, 15) is 4.79 Å². The molecule has 5 heteroatoms. The highest BCUT2D eigenvalue weighted by Crippen LogP contribution is 2.23. The van der Waals surface area contributed by atoms with Gasteiger partial charge in [0.25, 0.3) is 5.56 Å². The van der Waals surface area contributed by atoms with E-state index in [1.54, 1.807) is 24.9 Å². The molecule has 0 aliphatic heterocycles. The van der Waals surface area contributed by atoms with E-state index < -0.39 is 0 Å². The number of pyridine rings is 1. The number of hydrogen-bond donors (Lipinski definition) is 1. The van der Waals surface area contributed by atoms with Crippen molar-refractivity contribution in [2.75, 3.05) is 20.8 Å². The molecule has 0 atom stereocenters. The summed E-state index contributed by atoms with van der Waals surface area (Å²) < 4.78 is 12.0. The Kier molecular flexibility index (Phi) is 5.14. The highest BCUT2D eigenvalue weighted by molar-refractivity contribution is 5.62. The average Bonchev–Trinajstić information content (AvgIpc) is 2.53. The van der Waals surface area contributed by atoms with Crippen molar-refractivity contribution >= 4 is 0 Å². The summed E-state index contributed by atoms with van der Waals surface area (Å²) in [6.07, 6.45) is 0. The van der Waals surface area contributed by atoms with Crippen molar-refractivity contribution in [3.05, 3.63) is 52.3 Å². The van der Waals surface area contributed by atoms with Gasteiger partial charge in [0.2, 0.25) is 0 Å². The Morgan fingerprint density at radius 2 is 2.00 bits per heavy atom. The molecular weight excluding hydrogens is 268 g/mol. The third-order valence-electron chi connectivity index (χ3n) is 3.36. The van der Waals surface area contributed by atoms with Crippen LogP contribution in [0.4, 0.5) is 0 Å². The standard InChI is InChI=1S/C16H20N2O3/c1-20-9-8-18-15(7-6-13(11-17)16(18)19)12-4-3-5-14(10-12)21-2/h3-7,10H,8-9,11,17H2,1-2H3. The quantitative estimate of drug-likeness (QED) is 0.877. The van der Waals surface area contributed by atoms with Gasteiger partial charge in [-0.3, -0.25) is 4.79 Å². The molecule has 1 aromatic carbocycles. The molecule has 2 aromatic rings. The molecule has 0 fully saturated rings. The molecule has 0 bridgehead atoms. The lowest BCUT2D eigenvalue weighted by atomic mass is 10.1. The summed E-state index contributed by atoms with van der Waals surface area (Å²) in [5, 5.41) is 0.